The number of nitrogens with zero attached hydrogens (tertiary/aromatic N) is 1. The Bertz CT molecular complexity index is 1680. The Kier molecular flexibility index (Phi) is 5.82. The Labute approximate surface area is 226 Å². The highest BCUT2D eigenvalue weighted by molar-refractivity contribution is 8.03. The van der Waals surface area contributed by atoms with Crippen LogP contribution in [0.15, 0.2) is 126 Å². The zero-order chi connectivity index (χ0) is 25.5. The van der Waals surface area contributed by atoms with E-state index < -0.39 is 0 Å². The number of hydrogen-bond donors (Lipinski definition) is 1. The minimum Gasteiger partial charge on any atom is -0.369 e. The molecule has 1 aliphatic heterocycles. The summed E-state index contributed by atoms with van der Waals surface area (Å²) in [4.78, 5) is 6.17. The van der Waals surface area contributed by atoms with Gasteiger partial charge >= 0.3 is 0 Å². The van der Waals surface area contributed by atoms with Gasteiger partial charge in [-0.3, -0.25) is 4.98 Å². The van der Waals surface area contributed by atoms with Crippen molar-refractivity contribution in [3.63, 3.8) is 0 Å². The van der Waals surface area contributed by atoms with Crippen LogP contribution in [0.25, 0.3) is 44.3 Å². The van der Waals surface area contributed by atoms with Crippen LogP contribution in [0.2, 0.25) is 0 Å². The number of hydrogen-bond acceptors (Lipinski definition) is 3. The first kappa shape index (κ1) is 23.0. The number of benzene rings is 4. The van der Waals surface area contributed by atoms with Crippen LogP contribution in [0, 0.1) is 5.82 Å². The Hall–Kier alpha value is -4.15. The first-order valence-corrected chi connectivity index (χ1v) is 13.8. The van der Waals surface area contributed by atoms with Gasteiger partial charge in [-0.25, -0.2) is 4.39 Å². The molecule has 1 saturated heterocycles. The molecular formula is C34H25FN2S. The molecule has 2 heterocycles. The molecule has 4 heteroatoms. The van der Waals surface area contributed by atoms with E-state index in [1.54, 1.807) is 0 Å². The second kappa shape index (κ2) is 9.62. The first-order chi connectivity index (χ1) is 18.7. The molecule has 0 radical (unpaired) electrons. The van der Waals surface area contributed by atoms with Crippen LogP contribution in [-0.4, -0.2) is 4.98 Å². The lowest BCUT2D eigenvalue weighted by atomic mass is 9.97. The Morgan fingerprint density at radius 1 is 0.658 bits per heavy atom. The third-order valence-electron chi connectivity index (χ3n) is 7.26. The Morgan fingerprint density at radius 2 is 1.26 bits per heavy atom. The molecule has 1 N–H and O–H groups in total. The molecule has 1 atom stereocenters. The Morgan fingerprint density at radius 3 is 1.95 bits per heavy atom. The predicted molar refractivity (Wildman–Crippen MR) is 157 cm³/mol. The van der Waals surface area contributed by atoms with Gasteiger partial charge in [0.15, 0.2) is 0 Å². The third kappa shape index (κ3) is 4.42. The topological polar surface area (TPSA) is 24.9 Å². The number of pyridine rings is 1. The first-order valence-electron chi connectivity index (χ1n) is 12.9. The number of nitrogens with one attached hydrogen (secondary N) is 1. The number of halogens is 1. The quantitative estimate of drug-likeness (QED) is 0.260. The summed E-state index contributed by atoms with van der Waals surface area (Å²) >= 11 is 1.88. The molecule has 7 rings (SSSR count). The molecule has 2 nitrogen and oxygen atoms in total. The van der Waals surface area contributed by atoms with Crippen molar-refractivity contribution < 1.29 is 4.39 Å². The molecule has 1 aliphatic carbocycles. The van der Waals surface area contributed by atoms with Crippen LogP contribution >= 0.6 is 11.8 Å². The predicted octanol–water partition coefficient (Wildman–Crippen LogP) is 9.27. The zero-order valence-corrected chi connectivity index (χ0v) is 21.5. The minimum atomic E-state index is -0.216. The van der Waals surface area contributed by atoms with E-state index in [0.717, 1.165) is 40.8 Å². The average molecular weight is 513 g/mol. The van der Waals surface area contributed by atoms with E-state index in [0.29, 0.717) is 0 Å². The number of fused-ring (bicyclic) bond motifs is 2. The summed E-state index contributed by atoms with van der Waals surface area (Å²) in [6, 6.07) is 32.5. The maximum Gasteiger partial charge on any atom is 0.123 e. The van der Waals surface area contributed by atoms with Crippen LogP contribution in [0.5, 0.6) is 0 Å². The van der Waals surface area contributed by atoms with E-state index in [4.69, 9.17) is 4.98 Å². The molecule has 0 amide bonds. The molecular weight excluding hydrogens is 487 g/mol. The summed E-state index contributed by atoms with van der Waals surface area (Å²) in [7, 11) is 0. The van der Waals surface area contributed by atoms with Gasteiger partial charge in [-0.1, -0.05) is 90.6 Å². The van der Waals surface area contributed by atoms with Gasteiger partial charge in [0.1, 0.15) is 11.2 Å². The SMILES string of the molecule is Fc1ccc(-c2ccc(-c3ccc4cc(-c5ccc(C6NC7=CCCC=C7S6)cn5)ccc4c3)cc2)cc1. The highest BCUT2D eigenvalue weighted by atomic mass is 32.2. The fourth-order valence-corrected chi connectivity index (χ4v) is 6.36. The fourth-order valence-electron chi connectivity index (χ4n) is 5.16. The smallest absolute Gasteiger partial charge is 0.123 e. The molecule has 2 aliphatic rings. The zero-order valence-electron chi connectivity index (χ0n) is 20.7. The summed E-state index contributed by atoms with van der Waals surface area (Å²) < 4.78 is 13.2. The van der Waals surface area contributed by atoms with Crippen molar-refractivity contribution >= 4 is 22.5 Å². The van der Waals surface area contributed by atoms with E-state index in [1.165, 1.54) is 44.6 Å². The van der Waals surface area contributed by atoms with Gasteiger partial charge in [0, 0.05) is 27.9 Å². The van der Waals surface area contributed by atoms with Gasteiger partial charge in [0.25, 0.3) is 0 Å². The largest absolute Gasteiger partial charge is 0.369 e. The molecule has 1 fully saturated rings. The van der Waals surface area contributed by atoms with Gasteiger partial charge in [-0.15, -0.1) is 0 Å². The molecule has 38 heavy (non-hydrogen) atoms. The van der Waals surface area contributed by atoms with Gasteiger partial charge in [-0.2, -0.15) is 0 Å². The maximum absolute atomic E-state index is 13.2. The average Bonchev–Trinajstić information content (AvgIpc) is 3.42. The van der Waals surface area contributed by atoms with Crippen LogP contribution < -0.4 is 5.32 Å². The molecule has 0 bridgehead atoms. The van der Waals surface area contributed by atoms with E-state index >= 15 is 0 Å². The normalized spacial score (nSPS) is 16.5. The lowest BCUT2D eigenvalue weighted by Gasteiger charge is -2.11. The number of aromatic nitrogens is 1. The fraction of sp³-hybridized carbons (Fsp3) is 0.0882. The number of allylic oxidation sites excluding steroid dienone is 2. The number of thioether (sulfide) groups is 1. The highest BCUT2D eigenvalue weighted by Gasteiger charge is 2.26. The van der Waals surface area contributed by atoms with Crippen molar-refractivity contribution in [3.05, 3.63) is 137 Å². The van der Waals surface area contributed by atoms with E-state index in [9.17, 15) is 4.39 Å². The monoisotopic (exact) mass is 512 g/mol. The van der Waals surface area contributed by atoms with Crippen molar-refractivity contribution in [3.8, 4) is 33.5 Å². The molecule has 0 spiro atoms. The van der Waals surface area contributed by atoms with Crippen molar-refractivity contribution in [2.45, 2.75) is 18.2 Å². The molecule has 184 valence electrons. The lowest BCUT2D eigenvalue weighted by molar-refractivity contribution is 0.628. The van der Waals surface area contributed by atoms with E-state index in [2.05, 4.69) is 90.3 Å². The van der Waals surface area contributed by atoms with Crippen molar-refractivity contribution in [1.29, 1.82) is 0 Å². The third-order valence-corrected chi connectivity index (χ3v) is 8.53. The highest BCUT2D eigenvalue weighted by Crippen LogP contribution is 2.44. The summed E-state index contributed by atoms with van der Waals surface area (Å²) in [5, 5.41) is 6.24. The lowest BCUT2D eigenvalue weighted by Crippen LogP contribution is -2.11. The molecule has 4 aromatic carbocycles. The van der Waals surface area contributed by atoms with Gasteiger partial charge < -0.3 is 5.32 Å². The summed E-state index contributed by atoms with van der Waals surface area (Å²) in [6.45, 7) is 0. The summed E-state index contributed by atoms with van der Waals surface area (Å²) in [6.07, 6.45) is 8.88. The summed E-state index contributed by atoms with van der Waals surface area (Å²) in [5.41, 5.74) is 8.99. The van der Waals surface area contributed by atoms with Gasteiger partial charge in [0.2, 0.25) is 0 Å². The van der Waals surface area contributed by atoms with Gasteiger partial charge in [-0.05, 0) is 76.2 Å². The molecule has 1 unspecified atom stereocenters. The van der Waals surface area contributed by atoms with Crippen LogP contribution in [-0.2, 0) is 0 Å². The van der Waals surface area contributed by atoms with Crippen molar-refractivity contribution in [2.24, 2.45) is 0 Å². The summed E-state index contributed by atoms with van der Waals surface area (Å²) in [5.74, 6) is -0.216. The maximum atomic E-state index is 13.2. The Balaban J connectivity index is 1.10. The number of rotatable bonds is 4. The standard InChI is InChI=1S/C34H25FN2S/c35-30-16-13-23(14-17-30)22-5-7-24(8-6-22)25-9-10-27-20-28(12-11-26(27)19-25)31-18-15-29(21-36-31)34-37-32-3-1-2-4-33(32)38-34/h3-21,34,37H,1-2H2. The van der Waals surface area contributed by atoms with E-state index in [1.807, 2.05) is 30.1 Å². The van der Waals surface area contributed by atoms with E-state index in [-0.39, 0.29) is 11.2 Å². The molecule has 5 aromatic rings. The van der Waals surface area contributed by atoms with Gasteiger partial charge in [0.05, 0.1) is 5.69 Å². The van der Waals surface area contributed by atoms with Crippen LogP contribution in [0.4, 0.5) is 4.39 Å². The second-order valence-corrected chi connectivity index (χ2v) is 10.9. The van der Waals surface area contributed by atoms with Crippen LogP contribution in [0.3, 0.4) is 0 Å². The van der Waals surface area contributed by atoms with Crippen LogP contribution in [0.1, 0.15) is 23.8 Å². The molecule has 0 saturated carbocycles. The van der Waals surface area contributed by atoms with Crippen molar-refractivity contribution in [2.75, 3.05) is 0 Å². The second-order valence-electron chi connectivity index (χ2n) is 9.74. The van der Waals surface area contributed by atoms with Crippen molar-refractivity contribution in [1.82, 2.24) is 10.3 Å². The minimum absolute atomic E-state index is 0.216. The molecule has 1 aromatic heterocycles.